The third-order valence-electron chi connectivity index (χ3n) is 1.12. The van der Waals surface area contributed by atoms with Gasteiger partial charge in [-0.15, -0.1) is 11.3 Å². The van der Waals surface area contributed by atoms with E-state index in [9.17, 15) is 4.39 Å². The van der Waals surface area contributed by atoms with Crippen LogP contribution in [0.15, 0.2) is 21.9 Å². The van der Waals surface area contributed by atoms with E-state index in [1.165, 1.54) is 17.4 Å². The molecule has 0 spiro atoms. The minimum absolute atomic E-state index is 0.503. The monoisotopic (exact) mass is 142 g/mol. The zero-order valence-corrected chi connectivity index (χ0v) is 5.24. The van der Waals surface area contributed by atoms with Crippen molar-refractivity contribution in [3.63, 3.8) is 0 Å². The molecule has 2 aromatic heterocycles. The average molecular weight is 142 g/mol. The molecule has 0 saturated heterocycles. The predicted octanol–water partition coefficient (Wildman–Crippen LogP) is 2.63. The lowest BCUT2D eigenvalue weighted by atomic mass is 10.4. The third-order valence-corrected chi connectivity index (χ3v) is 1.92. The molecule has 3 heteroatoms. The largest absolute Gasteiger partial charge is 0.420 e. The summed E-state index contributed by atoms with van der Waals surface area (Å²) in [7, 11) is 0. The van der Waals surface area contributed by atoms with Crippen LogP contribution in [0.25, 0.3) is 10.3 Å². The number of hydrogen-bond donors (Lipinski definition) is 0. The van der Waals surface area contributed by atoms with Crippen LogP contribution in [0, 0.1) is 6.01 Å². The number of hydrogen-bond acceptors (Lipinski definition) is 2. The van der Waals surface area contributed by atoms with Crippen molar-refractivity contribution in [3.05, 3.63) is 23.5 Å². The molecule has 9 heavy (non-hydrogen) atoms. The molecule has 0 N–H and O–H groups in total. The summed E-state index contributed by atoms with van der Waals surface area (Å²) in [5.74, 6) is 0. The van der Waals surface area contributed by atoms with Gasteiger partial charge in [0.2, 0.25) is 0 Å². The van der Waals surface area contributed by atoms with E-state index < -0.39 is 6.01 Å². The van der Waals surface area contributed by atoms with Crippen LogP contribution in [0.1, 0.15) is 0 Å². The molecule has 0 aliphatic heterocycles. The Balaban J connectivity index is 2.92. The van der Waals surface area contributed by atoms with Gasteiger partial charge in [0.1, 0.15) is 0 Å². The molecule has 46 valence electrons. The molecule has 2 aromatic rings. The van der Waals surface area contributed by atoms with E-state index in [0.717, 1.165) is 5.39 Å². The number of thiophene rings is 1. The molecule has 1 nitrogen and oxygen atoms in total. The van der Waals surface area contributed by atoms with Crippen molar-refractivity contribution in [1.29, 1.82) is 0 Å². The molecular weight excluding hydrogens is 139 g/mol. The topological polar surface area (TPSA) is 13.1 Å². The summed E-state index contributed by atoms with van der Waals surface area (Å²) in [6.07, 6.45) is 0. The Morgan fingerprint density at radius 2 is 2.44 bits per heavy atom. The second-order valence-electron chi connectivity index (χ2n) is 1.71. The SMILES string of the molecule is Fc1cc2ccsc2o1. The predicted molar refractivity (Wildman–Crippen MR) is 34.0 cm³/mol. The fourth-order valence-corrected chi connectivity index (χ4v) is 1.46. The van der Waals surface area contributed by atoms with E-state index in [1.54, 1.807) is 0 Å². The lowest BCUT2D eigenvalue weighted by Gasteiger charge is -1.69. The van der Waals surface area contributed by atoms with Crippen LogP contribution >= 0.6 is 11.3 Å². The smallest absolute Gasteiger partial charge is 0.279 e. The number of furan rings is 1. The van der Waals surface area contributed by atoms with Crippen molar-refractivity contribution in [2.45, 2.75) is 0 Å². The molecule has 0 unspecified atom stereocenters. The van der Waals surface area contributed by atoms with Crippen LogP contribution in [0.4, 0.5) is 4.39 Å². The van der Waals surface area contributed by atoms with Crippen molar-refractivity contribution in [2.24, 2.45) is 0 Å². The molecule has 0 aliphatic rings. The molecule has 0 aliphatic carbocycles. The maximum absolute atomic E-state index is 12.2. The van der Waals surface area contributed by atoms with Gasteiger partial charge in [0.05, 0.1) is 0 Å². The first-order chi connectivity index (χ1) is 4.36. The molecule has 2 heterocycles. The molecule has 0 amide bonds. The minimum Gasteiger partial charge on any atom is -0.420 e. The van der Waals surface area contributed by atoms with Crippen molar-refractivity contribution in [3.8, 4) is 0 Å². The van der Waals surface area contributed by atoms with Crippen molar-refractivity contribution in [1.82, 2.24) is 0 Å². The Bertz CT molecular complexity index is 294. The zero-order valence-electron chi connectivity index (χ0n) is 4.43. The van der Waals surface area contributed by atoms with E-state index in [1.807, 2.05) is 11.4 Å². The Morgan fingerprint density at radius 1 is 1.56 bits per heavy atom. The fourth-order valence-electron chi connectivity index (χ4n) is 0.736. The van der Waals surface area contributed by atoms with E-state index in [2.05, 4.69) is 4.42 Å². The Kier molecular flexibility index (Phi) is 0.873. The molecular formula is C6H3FOS. The maximum Gasteiger partial charge on any atom is 0.279 e. The normalized spacial score (nSPS) is 10.8. The van der Waals surface area contributed by atoms with E-state index in [-0.39, 0.29) is 0 Å². The molecule has 2 rings (SSSR count). The summed E-state index contributed by atoms with van der Waals surface area (Å²) < 4.78 is 16.9. The number of rotatable bonds is 0. The Labute approximate surface area is 54.7 Å². The highest BCUT2D eigenvalue weighted by Crippen LogP contribution is 2.23. The lowest BCUT2D eigenvalue weighted by Crippen LogP contribution is -1.51. The first-order valence-electron chi connectivity index (χ1n) is 2.49. The van der Waals surface area contributed by atoms with Crippen LogP contribution in [0.5, 0.6) is 0 Å². The summed E-state index contributed by atoms with van der Waals surface area (Å²) in [5.41, 5.74) is 0. The van der Waals surface area contributed by atoms with Crippen molar-refractivity contribution < 1.29 is 8.81 Å². The molecule has 0 radical (unpaired) electrons. The Hall–Kier alpha value is -0.830. The van der Waals surface area contributed by atoms with Crippen LogP contribution < -0.4 is 0 Å². The van der Waals surface area contributed by atoms with E-state index in [4.69, 9.17) is 0 Å². The highest BCUT2D eigenvalue weighted by atomic mass is 32.1. The summed E-state index contributed by atoms with van der Waals surface area (Å²) >= 11 is 1.40. The molecule has 0 fully saturated rings. The van der Waals surface area contributed by atoms with Crippen LogP contribution in [-0.2, 0) is 0 Å². The number of halogens is 1. The van der Waals surface area contributed by atoms with Crippen LogP contribution in [0.3, 0.4) is 0 Å². The fraction of sp³-hybridized carbons (Fsp3) is 0. The van der Waals surface area contributed by atoms with E-state index >= 15 is 0 Å². The van der Waals surface area contributed by atoms with Gasteiger partial charge >= 0.3 is 0 Å². The summed E-state index contributed by atoms with van der Waals surface area (Å²) in [5, 5.41) is 2.71. The minimum atomic E-state index is -0.503. The summed E-state index contributed by atoms with van der Waals surface area (Å²) in [4.78, 5) is 0.660. The number of fused-ring (bicyclic) bond motifs is 1. The lowest BCUT2D eigenvalue weighted by molar-refractivity contribution is 0.384. The second kappa shape index (κ2) is 1.57. The highest BCUT2D eigenvalue weighted by Gasteiger charge is 2.00. The van der Waals surface area contributed by atoms with Gasteiger partial charge < -0.3 is 4.42 Å². The second-order valence-corrected chi connectivity index (χ2v) is 2.59. The van der Waals surface area contributed by atoms with Gasteiger partial charge in [0.25, 0.3) is 6.01 Å². The summed E-state index contributed by atoms with van der Waals surface area (Å²) in [6.45, 7) is 0. The quantitative estimate of drug-likeness (QED) is 0.551. The highest BCUT2D eigenvalue weighted by molar-refractivity contribution is 7.16. The van der Waals surface area contributed by atoms with Gasteiger partial charge in [-0.3, -0.25) is 0 Å². The molecule has 0 atom stereocenters. The van der Waals surface area contributed by atoms with Gasteiger partial charge in [-0.1, -0.05) is 0 Å². The summed E-state index contributed by atoms with van der Waals surface area (Å²) in [6, 6.07) is 2.70. The standard InChI is InChI=1S/C6H3FOS/c7-5-3-4-1-2-9-6(4)8-5/h1-3H. The average Bonchev–Trinajstić information content (AvgIpc) is 2.22. The Morgan fingerprint density at radius 3 is 3.22 bits per heavy atom. The zero-order chi connectivity index (χ0) is 6.27. The van der Waals surface area contributed by atoms with Gasteiger partial charge in [-0.05, 0) is 11.4 Å². The van der Waals surface area contributed by atoms with Gasteiger partial charge in [-0.2, -0.15) is 4.39 Å². The van der Waals surface area contributed by atoms with Crippen LogP contribution in [-0.4, -0.2) is 0 Å². The van der Waals surface area contributed by atoms with Gasteiger partial charge in [-0.25, -0.2) is 0 Å². The van der Waals surface area contributed by atoms with Gasteiger partial charge in [0, 0.05) is 11.5 Å². The van der Waals surface area contributed by atoms with Crippen molar-refractivity contribution >= 4 is 21.6 Å². The third kappa shape index (κ3) is 0.650. The molecule has 0 saturated carbocycles. The van der Waals surface area contributed by atoms with Crippen LogP contribution in [0.2, 0.25) is 0 Å². The first-order valence-corrected chi connectivity index (χ1v) is 3.37. The van der Waals surface area contributed by atoms with E-state index in [0.29, 0.717) is 4.90 Å². The molecule has 0 aromatic carbocycles. The maximum atomic E-state index is 12.2. The molecule has 0 bridgehead atoms. The van der Waals surface area contributed by atoms with Gasteiger partial charge in [0.15, 0.2) is 4.90 Å². The van der Waals surface area contributed by atoms with Crippen molar-refractivity contribution in [2.75, 3.05) is 0 Å². The first kappa shape index (κ1) is 4.99.